The molecule has 1 heterocycles. The Morgan fingerprint density at radius 2 is 2.10 bits per heavy atom. The van der Waals surface area contributed by atoms with Crippen molar-refractivity contribution in [2.45, 2.75) is 6.54 Å². The average molecular weight is 481 g/mol. The summed E-state index contributed by atoms with van der Waals surface area (Å²) in [5, 5.41) is 16.3. The summed E-state index contributed by atoms with van der Waals surface area (Å²) in [7, 11) is 0. The minimum atomic E-state index is -1.08. The maximum absolute atomic E-state index is 11.9. The Hall–Kier alpha value is -1.13. The first kappa shape index (κ1) is 16.2. The summed E-state index contributed by atoms with van der Waals surface area (Å²) in [6.07, 6.45) is 0. The first-order chi connectivity index (χ1) is 9.97. The lowest BCUT2D eigenvalue weighted by Crippen LogP contribution is -2.28. The van der Waals surface area contributed by atoms with E-state index in [4.69, 9.17) is 5.11 Å². The van der Waals surface area contributed by atoms with Crippen LogP contribution >= 0.6 is 49.9 Å². The van der Waals surface area contributed by atoms with Gasteiger partial charge in [0.1, 0.15) is 0 Å². The molecule has 3 N–H and O–H groups in total. The van der Waals surface area contributed by atoms with Crippen LogP contribution in [0.1, 0.15) is 15.2 Å². The quantitative estimate of drug-likeness (QED) is 0.575. The minimum absolute atomic E-state index is 0.0642. The molecule has 0 spiro atoms. The Bertz CT molecular complexity index is 690. The predicted octanol–water partition coefficient (Wildman–Crippen LogP) is 4.14. The summed E-state index contributed by atoms with van der Waals surface area (Å²) in [5.74, 6) is -1.08. The number of anilines is 1. The van der Waals surface area contributed by atoms with Crippen LogP contribution in [0.2, 0.25) is 0 Å². The second-order valence-electron chi connectivity index (χ2n) is 3.99. The summed E-state index contributed by atoms with van der Waals surface area (Å²) in [6.45, 7) is 0.372. The number of hydrogen-bond acceptors (Lipinski definition) is 3. The van der Waals surface area contributed by atoms with Gasteiger partial charge in [-0.05, 0) is 68.2 Å². The number of carboxylic acid groups (broad SMARTS) is 1. The number of carbonyl (C=O) groups is 2. The van der Waals surface area contributed by atoms with Gasteiger partial charge in [0.2, 0.25) is 0 Å². The fourth-order valence-corrected chi connectivity index (χ4v) is 3.50. The van der Waals surface area contributed by atoms with Gasteiger partial charge in [-0.25, -0.2) is 9.59 Å². The number of nitrogens with one attached hydrogen (secondary N) is 2. The van der Waals surface area contributed by atoms with Crippen LogP contribution in [-0.4, -0.2) is 17.1 Å². The average Bonchev–Trinajstić information content (AvgIpc) is 2.84. The van der Waals surface area contributed by atoms with Gasteiger partial charge in [0.15, 0.2) is 0 Å². The zero-order valence-corrected chi connectivity index (χ0v) is 15.1. The normalized spacial score (nSPS) is 10.2. The van der Waals surface area contributed by atoms with Gasteiger partial charge in [-0.2, -0.15) is 0 Å². The Balaban J connectivity index is 2.03. The summed E-state index contributed by atoms with van der Waals surface area (Å²) in [4.78, 5) is 24.0. The third-order valence-corrected chi connectivity index (χ3v) is 5.16. The van der Waals surface area contributed by atoms with Gasteiger partial charge < -0.3 is 15.7 Å². The Morgan fingerprint density at radius 1 is 1.33 bits per heavy atom. The van der Waals surface area contributed by atoms with Gasteiger partial charge >= 0.3 is 12.0 Å². The van der Waals surface area contributed by atoms with Crippen LogP contribution in [0.15, 0.2) is 34.1 Å². The molecule has 0 unspecified atom stereocenters. The van der Waals surface area contributed by atoms with E-state index in [1.807, 2.05) is 34.0 Å². The Kier molecular flexibility index (Phi) is 5.59. The molecule has 2 aromatic rings. The largest absolute Gasteiger partial charge is 0.478 e. The van der Waals surface area contributed by atoms with E-state index < -0.39 is 12.0 Å². The van der Waals surface area contributed by atoms with Crippen molar-refractivity contribution in [2.75, 3.05) is 5.32 Å². The van der Waals surface area contributed by atoms with Crippen LogP contribution in [-0.2, 0) is 6.54 Å². The summed E-state index contributed by atoms with van der Waals surface area (Å²) >= 11 is 6.93. The van der Waals surface area contributed by atoms with Crippen LogP contribution in [0, 0.1) is 3.57 Å². The van der Waals surface area contributed by atoms with Gasteiger partial charge in [0.25, 0.3) is 0 Å². The molecule has 0 fully saturated rings. The third kappa shape index (κ3) is 4.42. The van der Waals surface area contributed by atoms with Crippen LogP contribution in [0.5, 0.6) is 0 Å². The van der Waals surface area contributed by atoms with Crippen molar-refractivity contribution in [3.8, 4) is 0 Å². The predicted molar refractivity (Wildman–Crippen MR) is 94.0 cm³/mol. The molecular formula is C13H10BrIN2O3S. The SMILES string of the molecule is O=C(NCc1sccc1Br)Nc1ccc(I)cc1C(=O)O. The highest BCUT2D eigenvalue weighted by Gasteiger charge is 2.13. The number of urea groups is 1. The lowest BCUT2D eigenvalue weighted by atomic mass is 10.2. The lowest BCUT2D eigenvalue weighted by molar-refractivity contribution is 0.0698. The number of amides is 2. The number of carbonyl (C=O) groups excluding carboxylic acids is 1. The maximum Gasteiger partial charge on any atom is 0.337 e. The fraction of sp³-hybridized carbons (Fsp3) is 0.0769. The first-order valence-electron chi connectivity index (χ1n) is 5.77. The molecule has 0 aliphatic carbocycles. The lowest BCUT2D eigenvalue weighted by Gasteiger charge is -2.10. The fourth-order valence-electron chi connectivity index (χ4n) is 1.58. The van der Waals surface area contributed by atoms with Gasteiger partial charge in [-0.3, -0.25) is 0 Å². The van der Waals surface area contributed by atoms with E-state index in [2.05, 4.69) is 26.6 Å². The summed E-state index contributed by atoms with van der Waals surface area (Å²) < 4.78 is 1.73. The van der Waals surface area contributed by atoms with Gasteiger partial charge in [-0.1, -0.05) is 0 Å². The van der Waals surface area contributed by atoms with E-state index in [0.29, 0.717) is 6.54 Å². The Morgan fingerprint density at radius 3 is 2.71 bits per heavy atom. The molecule has 2 amide bonds. The second kappa shape index (κ2) is 7.23. The molecule has 5 nitrogen and oxygen atoms in total. The summed E-state index contributed by atoms with van der Waals surface area (Å²) in [6, 6.07) is 6.28. The molecule has 1 aromatic heterocycles. The molecule has 0 aliphatic heterocycles. The maximum atomic E-state index is 11.9. The highest BCUT2D eigenvalue weighted by Crippen LogP contribution is 2.22. The highest BCUT2D eigenvalue weighted by atomic mass is 127. The Labute approximate surface area is 147 Å². The molecule has 0 atom stereocenters. The number of halogens is 2. The molecule has 1 aromatic carbocycles. The molecule has 21 heavy (non-hydrogen) atoms. The summed E-state index contributed by atoms with van der Waals surface area (Å²) in [5.41, 5.74) is 0.333. The zero-order chi connectivity index (χ0) is 15.4. The van der Waals surface area contributed by atoms with E-state index in [-0.39, 0.29) is 11.3 Å². The van der Waals surface area contributed by atoms with Crippen molar-refractivity contribution in [3.63, 3.8) is 0 Å². The van der Waals surface area contributed by atoms with E-state index in [1.165, 1.54) is 17.4 Å². The van der Waals surface area contributed by atoms with E-state index in [0.717, 1.165) is 12.9 Å². The van der Waals surface area contributed by atoms with Crippen LogP contribution < -0.4 is 10.6 Å². The molecule has 8 heteroatoms. The van der Waals surface area contributed by atoms with Gasteiger partial charge in [0, 0.05) is 12.9 Å². The third-order valence-electron chi connectivity index (χ3n) is 2.56. The zero-order valence-electron chi connectivity index (χ0n) is 10.5. The van der Waals surface area contributed by atoms with Crippen molar-refractivity contribution in [1.29, 1.82) is 0 Å². The highest BCUT2D eigenvalue weighted by molar-refractivity contribution is 14.1. The minimum Gasteiger partial charge on any atom is -0.478 e. The van der Waals surface area contributed by atoms with Crippen LogP contribution in [0.25, 0.3) is 0 Å². The first-order valence-corrected chi connectivity index (χ1v) is 8.52. The molecular weight excluding hydrogens is 471 g/mol. The van der Waals surface area contributed by atoms with E-state index in [9.17, 15) is 9.59 Å². The second-order valence-corrected chi connectivity index (χ2v) is 7.10. The number of carboxylic acids is 1. The van der Waals surface area contributed by atoms with Crippen molar-refractivity contribution < 1.29 is 14.7 Å². The number of benzene rings is 1. The van der Waals surface area contributed by atoms with E-state index >= 15 is 0 Å². The molecule has 2 rings (SSSR count). The molecule has 0 radical (unpaired) electrons. The molecule has 0 bridgehead atoms. The number of rotatable bonds is 4. The number of hydrogen-bond donors (Lipinski definition) is 3. The van der Waals surface area contributed by atoms with Gasteiger partial charge in [-0.15, -0.1) is 11.3 Å². The molecule has 0 saturated carbocycles. The smallest absolute Gasteiger partial charge is 0.337 e. The standard InChI is InChI=1S/C13H10BrIN2O3S/c14-9-3-4-21-11(9)6-16-13(20)17-10-2-1-7(15)5-8(10)12(18)19/h1-5H,6H2,(H,18,19)(H2,16,17,20). The van der Waals surface area contributed by atoms with Crippen molar-refractivity contribution in [1.82, 2.24) is 5.32 Å². The van der Waals surface area contributed by atoms with Crippen LogP contribution in [0.3, 0.4) is 0 Å². The number of aromatic carboxylic acids is 1. The van der Waals surface area contributed by atoms with Crippen LogP contribution in [0.4, 0.5) is 10.5 Å². The molecule has 0 aliphatic rings. The van der Waals surface area contributed by atoms with Crippen molar-refractivity contribution in [2.24, 2.45) is 0 Å². The molecule has 0 saturated heterocycles. The van der Waals surface area contributed by atoms with E-state index in [1.54, 1.807) is 12.1 Å². The van der Waals surface area contributed by atoms with Gasteiger partial charge in [0.05, 0.1) is 17.8 Å². The molecule has 110 valence electrons. The van der Waals surface area contributed by atoms with Crippen molar-refractivity contribution in [3.05, 3.63) is 48.1 Å². The van der Waals surface area contributed by atoms with Crippen molar-refractivity contribution >= 4 is 67.5 Å². The number of thiophene rings is 1. The monoisotopic (exact) mass is 480 g/mol. The topological polar surface area (TPSA) is 78.4 Å².